The van der Waals surface area contributed by atoms with Crippen LogP contribution < -0.4 is 10.7 Å². The first-order valence-electron chi connectivity index (χ1n) is 6.78. The van der Waals surface area contributed by atoms with Crippen LogP contribution in [0.1, 0.15) is 28.6 Å². The molecular formula is C16H17N3O2S. The highest BCUT2D eigenvalue weighted by Gasteiger charge is 2.07. The zero-order valence-corrected chi connectivity index (χ0v) is 13.2. The molecule has 0 atom stereocenters. The first kappa shape index (κ1) is 15.9. The van der Waals surface area contributed by atoms with E-state index in [2.05, 4.69) is 15.8 Å². The summed E-state index contributed by atoms with van der Waals surface area (Å²) in [6.07, 6.45) is 0.124. The Labute approximate surface area is 133 Å². The van der Waals surface area contributed by atoms with E-state index in [1.54, 1.807) is 19.1 Å². The Kier molecular flexibility index (Phi) is 5.43. The average Bonchev–Trinajstić information content (AvgIpc) is 3.01. The number of carbonyl (C=O) groups is 2. The number of thiophene rings is 1. The second-order valence-electron chi connectivity index (χ2n) is 4.86. The smallest absolute Gasteiger partial charge is 0.281 e. The summed E-state index contributed by atoms with van der Waals surface area (Å²) in [7, 11) is 0. The standard InChI is InChI=1S/C16H17N3O2S/c1-11-5-7-13(8-6-11)17-15(20)10-12(2)18-19-16(21)14-4-3-9-22-14/h3-9H,10H2,1-2H3,(H,17,20)(H,19,21). The van der Waals surface area contributed by atoms with Gasteiger partial charge in [0.2, 0.25) is 5.91 Å². The molecule has 2 rings (SSSR count). The van der Waals surface area contributed by atoms with Crippen molar-refractivity contribution in [1.29, 1.82) is 0 Å². The molecule has 0 fully saturated rings. The quantitative estimate of drug-likeness (QED) is 0.657. The summed E-state index contributed by atoms with van der Waals surface area (Å²) in [4.78, 5) is 24.2. The van der Waals surface area contributed by atoms with E-state index >= 15 is 0 Å². The lowest BCUT2D eigenvalue weighted by Crippen LogP contribution is -2.20. The summed E-state index contributed by atoms with van der Waals surface area (Å²) in [6.45, 7) is 3.68. The van der Waals surface area contributed by atoms with E-state index in [0.29, 0.717) is 10.6 Å². The predicted octanol–water partition coefficient (Wildman–Crippen LogP) is 3.19. The molecule has 0 aliphatic heterocycles. The van der Waals surface area contributed by atoms with Gasteiger partial charge in [0, 0.05) is 11.4 Å². The van der Waals surface area contributed by atoms with Gasteiger partial charge in [0.15, 0.2) is 0 Å². The van der Waals surface area contributed by atoms with E-state index in [1.807, 2.05) is 36.6 Å². The number of benzene rings is 1. The van der Waals surface area contributed by atoms with Crippen LogP contribution >= 0.6 is 11.3 Å². The largest absolute Gasteiger partial charge is 0.326 e. The SMILES string of the molecule is CC(CC(=O)Nc1ccc(C)cc1)=NNC(=O)c1cccs1. The number of rotatable bonds is 5. The lowest BCUT2D eigenvalue weighted by atomic mass is 10.2. The molecule has 1 heterocycles. The van der Waals surface area contributed by atoms with Gasteiger partial charge in [-0.3, -0.25) is 9.59 Å². The van der Waals surface area contributed by atoms with Crippen LogP contribution in [0, 0.1) is 6.92 Å². The van der Waals surface area contributed by atoms with Crippen molar-refractivity contribution >= 4 is 34.6 Å². The lowest BCUT2D eigenvalue weighted by molar-refractivity contribution is -0.115. The molecule has 6 heteroatoms. The Morgan fingerprint density at radius 2 is 1.91 bits per heavy atom. The van der Waals surface area contributed by atoms with Crippen molar-refractivity contribution in [1.82, 2.24) is 5.43 Å². The van der Waals surface area contributed by atoms with Crippen LogP contribution in [0.15, 0.2) is 46.9 Å². The van der Waals surface area contributed by atoms with Gasteiger partial charge in [-0.1, -0.05) is 23.8 Å². The zero-order valence-electron chi connectivity index (χ0n) is 12.4. The number of nitrogens with one attached hydrogen (secondary N) is 2. The molecule has 1 aromatic heterocycles. The van der Waals surface area contributed by atoms with Crippen LogP contribution in [-0.2, 0) is 4.79 Å². The molecule has 0 spiro atoms. The Balaban J connectivity index is 1.84. The Hall–Kier alpha value is -2.47. The van der Waals surface area contributed by atoms with Crippen LogP contribution in [-0.4, -0.2) is 17.5 Å². The molecular weight excluding hydrogens is 298 g/mol. The molecule has 2 amide bonds. The minimum atomic E-state index is -0.270. The van der Waals surface area contributed by atoms with E-state index in [9.17, 15) is 9.59 Å². The third kappa shape index (κ3) is 4.82. The normalized spacial score (nSPS) is 11.1. The van der Waals surface area contributed by atoms with Gasteiger partial charge in [-0.2, -0.15) is 5.10 Å². The third-order valence-electron chi connectivity index (χ3n) is 2.84. The van der Waals surface area contributed by atoms with Crippen molar-refractivity contribution in [3.63, 3.8) is 0 Å². The van der Waals surface area contributed by atoms with Gasteiger partial charge in [0.05, 0.1) is 11.3 Å². The van der Waals surface area contributed by atoms with Gasteiger partial charge >= 0.3 is 0 Å². The van der Waals surface area contributed by atoms with Gasteiger partial charge in [-0.15, -0.1) is 11.3 Å². The van der Waals surface area contributed by atoms with Crippen LogP contribution in [0.4, 0.5) is 5.69 Å². The number of anilines is 1. The molecule has 0 aliphatic rings. The fourth-order valence-electron chi connectivity index (χ4n) is 1.72. The topological polar surface area (TPSA) is 70.6 Å². The summed E-state index contributed by atoms with van der Waals surface area (Å²) < 4.78 is 0. The molecule has 0 bridgehead atoms. The van der Waals surface area contributed by atoms with Crippen molar-refractivity contribution in [2.24, 2.45) is 5.10 Å². The number of nitrogens with zero attached hydrogens (tertiary/aromatic N) is 1. The van der Waals surface area contributed by atoms with E-state index < -0.39 is 0 Å². The third-order valence-corrected chi connectivity index (χ3v) is 3.71. The number of hydrazone groups is 1. The summed E-state index contributed by atoms with van der Waals surface area (Å²) in [5.41, 5.74) is 4.85. The van der Waals surface area contributed by atoms with E-state index in [1.165, 1.54) is 11.3 Å². The summed E-state index contributed by atoms with van der Waals surface area (Å²) >= 11 is 1.34. The Morgan fingerprint density at radius 1 is 1.18 bits per heavy atom. The maximum Gasteiger partial charge on any atom is 0.281 e. The Morgan fingerprint density at radius 3 is 2.55 bits per heavy atom. The first-order chi connectivity index (χ1) is 10.5. The first-order valence-corrected chi connectivity index (χ1v) is 7.66. The van der Waals surface area contributed by atoms with E-state index in [4.69, 9.17) is 0 Å². The van der Waals surface area contributed by atoms with Crippen molar-refractivity contribution < 1.29 is 9.59 Å². The van der Waals surface area contributed by atoms with Gasteiger partial charge in [-0.25, -0.2) is 5.43 Å². The van der Waals surface area contributed by atoms with Gasteiger partial charge in [0.25, 0.3) is 5.91 Å². The number of hydrogen-bond acceptors (Lipinski definition) is 4. The minimum Gasteiger partial charge on any atom is -0.326 e. The highest BCUT2D eigenvalue weighted by atomic mass is 32.1. The molecule has 5 nitrogen and oxygen atoms in total. The highest BCUT2D eigenvalue weighted by molar-refractivity contribution is 7.12. The molecule has 2 N–H and O–H groups in total. The maximum atomic E-state index is 11.9. The number of aryl methyl sites for hydroxylation is 1. The summed E-state index contributed by atoms with van der Waals surface area (Å²) in [5, 5.41) is 8.54. The number of carbonyl (C=O) groups excluding carboxylic acids is 2. The zero-order chi connectivity index (χ0) is 15.9. The van der Waals surface area contributed by atoms with Gasteiger partial charge in [-0.05, 0) is 37.4 Å². The van der Waals surface area contributed by atoms with Crippen LogP contribution in [0.25, 0.3) is 0 Å². The van der Waals surface area contributed by atoms with E-state index in [0.717, 1.165) is 11.3 Å². The number of hydrogen-bond donors (Lipinski definition) is 2. The molecule has 1 aromatic carbocycles. The van der Waals surface area contributed by atoms with Crippen LogP contribution in [0.2, 0.25) is 0 Å². The average molecular weight is 315 g/mol. The minimum absolute atomic E-state index is 0.124. The molecule has 22 heavy (non-hydrogen) atoms. The van der Waals surface area contributed by atoms with Crippen molar-refractivity contribution in [2.45, 2.75) is 20.3 Å². The highest BCUT2D eigenvalue weighted by Crippen LogP contribution is 2.09. The predicted molar refractivity (Wildman–Crippen MR) is 89.3 cm³/mol. The molecule has 0 radical (unpaired) electrons. The van der Waals surface area contributed by atoms with Crippen LogP contribution in [0.3, 0.4) is 0 Å². The van der Waals surface area contributed by atoms with Gasteiger partial charge < -0.3 is 5.32 Å². The molecule has 0 aliphatic carbocycles. The van der Waals surface area contributed by atoms with Crippen molar-refractivity contribution in [2.75, 3.05) is 5.32 Å². The molecule has 0 saturated heterocycles. The Bertz CT molecular complexity index is 676. The monoisotopic (exact) mass is 315 g/mol. The molecule has 0 unspecified atom stereocenters. The van der Waals surface area contributed by atoms with E-state index in [-0.39, 0.29) is 18.2 Å². The number of amides is 2. The fraction of sp³-hybridized carbons (Fsp3) is 0.188. The summed E-state index contributed by atoms with van der Waals surface area (Å²) in [5.74, 6) is -0.441. The molecule has 114 valence electrons. The maximum absolute atomic E-state index is 11.9. The van der Waals surface area contributed by atoms with Crippen LogP contribution in [0.5, 0.6) is 0 Å². The molecule has 0 saturated carbocycles. The molecule has 2 aromatic rings. The van der Waals surface area contributed by atoms with Crippen molar-refractivity contribution in [3.05, 3.63) is 52.2 Å². The second-order valence-corrected chi connectivity index (χ2v) is 5.80. The lowest BCUT2D eigenvalue weighted by Gasteiger charge is -2.05. The summed E-state index contributed by atoms with van der Waals surface area (Å²) in [6, 6.07) is 11.1. The van der Waals surface area contributed by atoms with Crippen molar-refractivity contribution in [3.8, 4) is 0 Å². The second kappa shape index (κ2) is 7.51. The fourth-order valence-corrected chi connectivity index (χ4v) is 2.34. The van der Waals surface area contributed by atoms with Gasteiger partial charge in [0.1, 0.15) is 0 Å².